The van der Waals surface area contributed by atoms with E-state index in [4.69, 9.17) is 23.7 Å². The summed E-state index contributed by atoms with van der Waals surface area (Å²) < 4.78 is 27.2. The number of aryl methyl sites for hydroxylation is 1. The molecule has 0 spiro atoms. The molecule has 0 unspecified atom stereocenters. The molecule has 6 atom stereocenters. The Morgan fingerprint density at radius 3 is 2.20 bits per heavy atom. The quantitative estimate of drug-likeness (QED) is 0.0814. The number of carboxylic acid groups (broad SMARTS) is 1. The number of nitrogens with one attached hydrogen (secondary N) is 1. The number of rotatable bonds is 18. The van der Waals surface area contributed by atoms with Gasteiger partial charge in [0.05, 0.1) is 12.0 Å². The molecule has 0 bridgehead atoms. The number of amides is 3. The molecule has 2 aromatic rings. The Morgan fingerprint density at radius 1 is 0.907 bits per heavy atom. The summed E-state index contributed by atoms with van der Waals surface area (Å²) in [5.74, 6) is -3.02. The van der Waals surface area contributed by atoms with Gasteiger partial charge in [-0.15, -0.1) is 0 Å². The van der Waals surface area contributed by atoms with E-state index < -0.39 is 71.8 Å². The van der Waals surface area contributed by atoms with Gasteiger partial charge in [0.1, 0.15) is 49.1 Å². The van der Waals surface area contributed by atoms with Crippen molar-refractivity contribution in [1.29, 1.82) is 0 Å². The van der Waals surface area contributed by atoms with Gasteiger partial charge in [0, 0.05) is 37.8 Å². The second kappa shape index (κ2) is 18.9. The van der Waals surface area contributed by atoms with Crippen molar-refractivity contribution in [2.75, 3.05) is 26.9 Å². The average molecular weight is 757 g/mol. The van der Waals surface area contributed by atoms with Gasteiger partial charge in [0.15, 0.2) is 6.10 Å². The highest BCUT2D eigenvalue weighted by atomic mass is 16.7. The molecule has 16 nitrogen and oxygen atoms in total. The first kappa shape index (κ1) is 41.9. The standard InChI is InChI=1S/C38H48N2O14/c1-38(2,3)37(49)52-21-24-11-8-22(20-27(24)53-36-32(45)30(43)31(44)33(54-36)35(47)48)7-5-6-16-39-34(46)26(40-28(41)14-15-29(40)42)19-23-9-12-25(13-10-23)51-18-17-50-4/h8-15,20,26,30-33,36,43-45H,5-7,16-19,21H2,1-4H3,(H,39,46)(H,47,48)/t26-,30-,31-,32+,33-,36+/m0/s1. The number of unbranched alkanes of at least 4 members (excludes halogenated alkanes) is 1. The second-order valence-corrected chi connectivity index (χ2v) is 14.0. The molecule has 1 saturated heterocycles. The van der Waals surface area contributed by atoms with Crippen LogP contribution in [0, 0.1) is 5.41 Å². The zero-order valence-electron chi connectivity index (χ0n) is 30.6. The van der Waals surface area contributed by atoms with E-state index in [1.807, 2.05) is 0 Å². The van der Waals surface area contributed by atoms with Crippen LogP contribution in [-0.2, 0) is 57.6 Å². The van der Waals surface area contributed by atoms with Crippen LogP contribution in [-0.4, -0.2) is 119 Å². The topological polar surface area (TPSA) is 228 Å². The smallest absolute Gasteiger partial charge is 0.335 e. The number of aliphatic hydroxyl groups excluding tert-OH is 3. The first-order chi connectivity index (χ1) is 25.6. The molecular weight excluding hydrogens is 708 g/mol. The lowest BCUT2D eigenvalue weighted by atomic mass is 9.97. The number of benzene rings is 2. The maximum absolute atomic E-state index is 13.4. The third kappa shape index (κ3) is 11.1. The third-order valence-corrected chi connectivity index (χ3v) is 8.72. The zero-order valence-corrected chi connectivity index (χ0v) is 30.6. The molecule has 2 aromatic carbocycles. The molecule has 2 aliphatic heterocycles. The van der Waals surface area contributed by atoms with Crippen LogP contribution in [0.5, 0.6) is 11.5 Å². The van der Waals surface area contributed by atoms with Crippen molar-refractivity contribution in [3.63, 3.8) is 0 Å². The van der Waals surface area contributed by atoms with E-state index >= 15 is 0 Å². The van der Waals surface area contributed by atoms with Crippen LogP contribution < -0.4 is 14.8 Å². The van der Waals surface area contributed by atoms with E-state index in [-0.39, 0.29) is 25.3 Å². The molecule has 294 valence electrons. The fourth-order valence-corrected chi connectivity index (χ4v) is 5.61. The lowest BCUT2D eigenvalue weighted by Gasteiger charge is -2.38. The minimum absolute atomic E-state index is 0.0882. The lowest BCUT2D eigenvalue weighted by molar-refractivity contribution is -0.271. The Morgan fingerprint density at radius 2 is 1.57 bits per heavy atom. The van der Waals surface area contributed by atoms with Crippen LogP contribution in [0.1, 0.15) is 50.3 Å². The van der Waals surface area contributed by atoms with Gasteiger partial charge in [-0.3, -0.25) is 24.1 Å². The number of ether oxygens (including phenoxy) is 5. The van der Waals surface area contributed by atoms with Gasteiger partial charge in [0.25, 0.3) is 11.8 Å². The van der Waals surface area contributed by atoms with Crippen molar-refractivity contribution in [3.8, 4) is 11.5 Å². The van der Waals surface area contributed by atoms with Gasteiger partial charge in [-0.25, -0.2) is 4.79 Å². The Bertz CT molecular complexity index is 1650. The van der Waals surface area contributed by atoms with Crippen LogP contribution in [0.25, 0.3) is 0 Å². The number of hydrogen-bond acceptors (Lipinski definition) is 13. The molecular formula is C38H48N2O14. The third-order valence-electron chi connectivity index (χ3n) is 8.72. The SMILES string of the molecule is COCCOc1ccc(C[C@@H](C(=O)NCCCCc2ccc(COC(=O)C(C)(C)C)c(O[C@@H]3O[C@H](C(=O)O)[C@@H](O)[C@H](O)[C@H]3O)c2)N2C(=O)C=CC2=O)cc1. The fourth-order valence-electron chi connectivity index (χ4n) is 5.61. The number of nitrogens with zero attached hydrogens (tertiary/aromatic N) is 1. The predicted octanol–water partition coefficient (Wildman–Crippen LogP) is 1.05. The predicted molar refractivity (Wildman–Crippen MR) is 189 cm³/mol. The fraction of sp³-hybridized carbons (Fsp3) is 0.500. The first-order valence-corrected chi connectivity index (χ1v) is 17.5. The Kier molecular flexibility index (Phi) is 14.7. The van der Waals surface area contributed by atoms with Crippen LogP contribution >= 0.6 is 0 Å². The number of carboxylic acids is 1. The number of methoxy groups -OCH3 is 1. The first-order valence-electron chi connectivity index (χ1n) is 17.5. The summed E-state index contributed by atoms with van der Waals surface area (Å²) in [6.07, 6.45) is -5.27. The second-order valence-electron chi connectivity index (χ2n) is 14.0. The molecule has 16 heteroatoms. The highest BCUT2D eigenvalue weighted by Gasteiger charge is 2.48. The number of aliphatic hydroxyl groups is 3. The van der Waals surface area contributed by atoms with E-state index in [2.05, 4.69) is 5.32 Å². The summed E-state index contributed by atoms with van der Waals surface area (Å²) in [5, 5.41) is 43.2. The van der Waals surface area contributed by atoms with E-state index in [0.29, 0.717) is 49.4 Å². The zero-order chi connectivity index (χ0) is 39.6. The van der Waals surface area contributed by atoms with Crippen LogP contribution in [0.15, 0.2) is 54.6 Å². The Balaban J connectivity index is 1.40. The number of hydrogen-bond donors (Lipinski definition) is 5. The van der Waals surface area contributed by atoms with E-state index in [9.17, 15) is 44.4 Å². The molecule has 1 fully saturated rings. The summed E-state index contributed by atoms with van der Waals surface area (Å²) in [6, 6.07) is 10.9. The van der Waals surface area contributed by atoms with Crippen LogP contribution in [0.3, 0.4) is 0 Å². The van der Waals surface area contributed by atoms with Gasteiger partial charge < -0.3 is 49.4 Å². The van der Waals surface area contributed by atoms with E-state index in [1.54, 1.807) is 70.3 Å². The minimum atomic E-state index is -1.90. The summed E-state index contributed by atoms with van der Waals surface area (Å²) in [6.45, 7) is 5.85. The van der Waals surface area contributed by atoms with Gasteiger partial charge in [-0.2, -0.15) is 0 Å². The number of imide groups is 1. The number of esters is 1. The monoisotopic (exact) mass is 756 g/mol. The number of aliphatic carboxylic acids is 1. The molecule has 0 aromatic heterocycles. The van der Waals surface area contributed by atoms with Crippen molar-refractivity contribution in [2.24, 2.45) is 5.41 Å². The largest absolute Gasteiger partial charge is 0.491 e. The minimum Gasteiger partial charge on any atom is -0.491 e. The molecule has 0 saturated carbocycles. The van der Waals surface area contributed by atoms with Crippen molar-refractivity contribution in [1.82, 2.24) is 10.2 Å². The average Bonchev–Trinajstić information content (AvgIpc) is 3.46. The summed E-state index contributed by atoms with van der Waals surface area (Å²) in [4.78, 5) is 63.5. The van der Waals surface area contributed by atoms with Crippen LogP contribution in [0.4, 0.5) is 0 Å². The number of carbonyl (C=O) groups is 5. The van der Waals surface area contributed by atoms with Gasteiger partial charge in [-0.05, 0) is 69.4 Å². The van der Waals surface area contributed by atoms with Crippen molar-refractivity contribution in [2.45, 2.75) is 89.8 Å². The van der Waals surface area contributed by atoms with Crippen LogP contribution in [0.2, 0.25) is 0 Å². The molecule has 4 rings (SSSR count). The van der Waals surface area contributed by atoms with Gasteiger partial charge >= 0.3 is 11.9 Å². The summed E-state index contributed by atoms with van der Waals surface area (Å²) in [7, 11) is 1.57. The lowest BCUT2D eigenvalue weighted by Crippen LogP contribution is -2.61. The molecule has 0 radical (unpaired) electrons. The van der Waals surface area contributed by atoms with E-state index in [1.165, 1.54) is 0 Å². The molecule has 54 heavy (non-hydrogen) atoms. The van der Waals surface area contributed by atoms with Gasteiger partial charge in [0.2, 0.25) is 12.2 Å². The van der Waals surface area contributed by atoms with Gasteiger partial charge in [-0.1, -0.05) is 24.3 Å². The maximum atomic E-state index is 13.4. The van der Waals surface area contributed by atoms with Crippen molar-refractivity contribution < 1.29 is 68.1 Å². The molecule has 2 aliphatic rings. The van der Waals surface area contributed by atoms with Crippen molar-refractivity contribution in [3.05, 3.63) is 71.3 Å². The Hall–Kier alpha value is -4.87. The molecule has 3 amide bonds. The van der Waals surface area contributed by atoms with E-state index in [0.717, 1.165) is 22.6 Å². The Labute approximate surface area is 312 Å². The number of carbonyl (C=O) groups excluding carboxylic acids is 4. The highest BCUT2D eigenvalue weighted by molar-refractivity contribution is 6.15. The summed E-state index contributed by atoms with van der Waals surface area (Å²) in [5.41, 5.74) is 1.02. The molecule has 2 heterocycles. The highest BCUT2D eigenvalue weighted by Crippen LogP contribution is 2.30. The summed E-state index contributed by atoms with van der Waals surface area (Å²) >= 11 is 0. The van der Waals surface area contributed by atoms with Crippen molar-refractivity contribution >= 4 is 29.7 Å². The molecule has 5 N–H and O–H groups in total. The normalized spacial score (nSPS) is 21.8. The maximum Gasteiger partial charge on any atom is 0.335 e. The molecule has 0 aliphatic carbocycles.